The van der Waals surface area contributed by atoms with Crippen molar-refractivity contribution in [2.45, 2.75) is 38.8 Å². The Morgan fingerprint density at radius 3 is 2.68 bits per heavy atom. The van der Waals surface area contributed by atoms with Crippen LogP contribution in [0.15, 0.2) is 18.2 Å². The molecule has 138 valence electrons. The van der Waals surface area contributed by atoms with E-state index in [4.69, 9.17) is 9.47 Å². The number of piperidine rings is 1. The number of benzene rings is 1. The molecule has 7 nitrogen and oxygen atoms in total. The molecule has 2 atom stereocenters. The summed E-state index contributed by atoms with van der Waals surface area (Å²) in [5.74, 6) is 1.34. The third-order valence-corrected chi connectivity index (χ3v) is 4.36. The fourth-order valence-electron chi connectivity index (χ4n) is 3.10. The summed E-state index contributed by atoms with van der Waals surface area (Å²) in [5, 5.41) is 5.89. The molecule has 3 amide bonds. The quantitative estimate of drug-likeness (QED) is 0.853. The first-order valence-corrected chi connectivity index (χ1v) is 8.49. The average molecular weight is 349 g/mol. The van der Waals surface area contributed by atoms with Crippen LogP contribution in [0, 0.1) is 0 Å². The first-order chi connectivity index (χ1) is 11.9. The highest BCUT2D eigenvalue weighted by Gasteiger charge is 2.25. The van der Waals surface area contributed by atoms with E-state index < -0.39 is 0 Å². The molecule has 1 aromatic rings. The van der Waals surface area contributed by atoms with Gasteiger partial charge in [-0.3, -0.25) is 4.79 Å². The molecule has 7 heteroatoms. The van der Waals surface area contributed by atoms with Crippen LogP contribution in [0.2, 0.25) is 0 Å². The fraction of sp³-hybridized carbons (Fsp3) is 0.556. The maximum atomic E-state index is 12.6. The Bertz CT molecular complexity index is 620. The lowest BCUT2D eigenvalue weighted by Gasteiger charge is -2.34. The van der Waals surface area contributed by atoms with Crippen molar-refractivity contribution in [3.05, 3.63) is 23.8 Å². The van der Waals surface area contributed by atoms with Crippen LogP contribution in [-0.2, 0) is 4.79 Å². The number of likely N-dealkylation sites (tertiary alicyclic amines) is 1. The van der Waals surface area contributed by atoms with E-state index in [1.165, 1.54) is 6.92 Å². The van der Waals surface area contributed by atoms with Gasteiger partial charge in [-0.1, -0.05) is 0 Å². The van der Waals surface area contributed by atoms with Crippen molar-refractivity contribution >= 4 is 11.9 Å². The summed E-state index contributed by atoms with van der Waals surface area (Å²) < 4.78 is 10.6. The summed E-state index contributed by atoms with van der Waals surface area (Å²) in [4.78, 5) is 25.6. The van der Waals surface area contributed by atoms with Gasteiger partial charge in [-0.25, -0.2) is 4.79 Å². The molecule has 0 bridgehead atoms. The number of ether oxygens (including phenoxy) is 2. The molecule has 0 aliphatic carbocycles. The summed E-state index contributed by atoms with van der Waals surface area (Å²) in [6.45, 7) is 4.61. The first kappa shape index (κ1) is 18.9. The van der Waals surface area contributed by atoms with Gasteiger partial charge in [0.1, 0.15) is 11.5 Å². The Labute approximate surface area is 148 Å². The molecule has 1 aliphatic rings. The summed E-state index contributed by atoms with van der Waals surface area (Å²) >= 11 is 0. The largest absolute Gasteiger partial charge is 0.497 e. The van der Waals surface area contributed by atoms with Gasteiger partial charge in [0.05, 0.1) is 20.3 Å². The van der Waals surface area contributed by atoms with Crippen molar-refractivity contribution in [3.8, 4) is 11.5 Å². The second-order valence-electron chi connectivity index (χ2n) is 6.26. The summed E-state index contributed by atoms with van der Waals surface area (Å²) in [7, 11) is 3.20. The van der Waals surface area contributed by atoms with Gasteiger partial charge in [0.15, 0.2) is 0 Å². The van der Waals surface area contributed by atoms with Crippen molar-refractivity contribution in [2.24, 2.45) is 0 Å². The van der Waals surface area contributed by atoms with Gasteiger partial charge >= 0.3 is 6.03 Å². The second-order valence-corrected chi connectivity index (χ2v) is 6.26. The molecule has 0 spiro atoms. The topological polar surface area (TPSA) is 79.9 Å². The highest BCUT2D eigenvalue weighted by atomic mass is 16.5. The Balaban J connectivity index is 2.03. The monoisotopic (exact) mass is 349 g/mol. The van der Waals surface area contributed by atoms with Crippen molar-refractivity contribution in [3.63, 3.8) is 0 Å². The first-order valence-electron chi connectivity index (χ1n) is 8.49. The number of carbonyl (C=O) groups is 2. The highest BCUT2D eigenvalue weighted by molar-refractivity contribution is 5.76. The Morgan fingerprint density at radius 1 is 1.28 bits per heavy atom. The van der Waals surface area contributed by atoms with Gasteiger partial charge in [0.25, 0.3) is 0 Å². The molecule has 0 radical (unpaired) electrons. The SMILES string of the molecule is COc1ccc(OC)c(C(C)NC(=O)N2CCCC(NC(C)=O)C2)c1. The molecule has 1 aliphatic heterocycles. The number of hydrogen-bond donors (Lipinski definition) is 2. The number of carbonyl (C=O) groups excluding carboxylic acids is 2. The van der Waals surface area contributed by atoms with Gasteiger partial charge in [-0.2, -0.15) is 0 Å². The van der Waals surface area contributed by atoms with E-state index in [0.717, 1.165) is 18.4 Å². The minimum Gasteiger partial charge on any atom is -0.497 e. The van der Waals surface area contributed by atoms with Crippen LogP contribution in [0.4, 0.5) is 4.79 Å². The lowest BCUT2D eigenvalue weighted by molar-refractivity contribution is -0.119. The molecule has 2 unspecified atom stereocenters. The fourth-order valence-corrected chi connectivity index (χ4v) is 3.10. The number of rotatable bonds is 5. The molecule has 25 heavy (non-hydrogen) atoms. The Kier molecular flexibility index (Phi) is 6.50. The van der Waals surface area contributed by atoms with Crippen LogP contribution in [-0.4, -0.2) is 50.2 Å². The average Bonchev–Trinajstić information content (AvgIpc) is 2.60. The predicted molar refractivity (Wildman–Crippen MR) is 94.9 cm³/mol. The van der Waals surface area contributed by atoms with E-state index in [0.29, 0.717) is 24.6 Å². The minimum absolute atomic E-state index is 0.0126. The number of nitrogens with one attached hydrogen (secondary N) is 2. The summed E-state index contributed by atoms with van der Waals surface area (Å²) in [5.41, 5.74) is 0.852. The molecular formula is C18H27N3O4. The lowest BCUT2D eigenvalue weighted by atomic mass is 10.1. The maximum Gasteiger partial charge on any atom is 0.317 e. The van der Waals surface area contributed by atoms with E-state index >= 15 is 0 Å². The van der Waals surface area contributed by atoms with Crippen LogP contribution >= 0.6 is 0 Å². The third-order valence-electron chi connectivity index (χ3n) is 4.36. The van der Waals surface area contributed by atoms with Gasteiger partial charge in [-0.05, 0) is 38.0 Å². The number of methoxy groups -OCH3 is 2. The van der Waals surface area contributed by atoms with Crippen LogP contribution in [0.25, 0.3) is 0 Å². The zero-order valence-corrected chi connectivity index (χ0v) is 15.3. The number of nitrogens with zero attached hydrogens (tertiary/aromatic N) is 1. The third kappa shape index (κ3) is 5.01. The van der Waals surface area contributed by atoms with Gasteiger partial charge in [0.2, 0.25) is 5.91 Å². The minimum atomic E-state index is -0.237. The predicted octanol–water partition coefficient (Wildman–Crippen LogP) is 2.07. The zero-order chi connectivity index (χ0) is 18.4. The van der Waals surface area contributed by atoms with E-state index in [1.54, 1.807) is 19.1 Å². The van der Waals surface area contributed by atoms with Crippen molar-refractivity contribution in [2.75, 3.05) is 27.3 Å². The van der Waals surface area contributed by atoms with E-state index in [-0.39, 0.29) is 24.0 Å². The zero-order valence-electron chi connectivity index (χ0n) is 15.3. The molecule has 1 aromatic carbocycles. The van der Waals surface area contributed by atoms with Crippen molar-refractivity contribution in [1.82, 2.24) is 15.5 Å². The number of hydrogen-bond acceptors (Lipinski definition) is 4. The Morgan fingerprint density at radius 2 is 2.04 bits per heavy atom. The molecule has 1 heterocycles. The summed E-state index contributed by atoms with van der Waals surface area (Å²) in [6, 6.07) is 5.13. The standard InChI is InChI=1S/C18H27N3O4/c1-12(16-10-15(24-3)7-8-17(16)25-4)19-18(23)21-9-5-6-14(11-21)20-13(2)22/h7-8,10,12,14H,5-6,9,11H2,1-4H3,(H,19,23)(H,20,22). The Hall–Kier alpha value is -2.44. The number of urea groups is 1. The highest BCUT2D eigenvalue weighted by Crippen LogP contribution is 2.29. The second kappa shape index (κ2) is 8.60. The molecule has 1 fully saturated rings. The van der Waals surface area contributed by atoms with Crippen LogP contribution in [0.1, 0.15) is 38.3 Å². The lowest BCUT2D eigenvalue weighted by Crippen LogP contribution is -2.52. The van der Waals surface area contributed by atoms with Gasteiger partial charge in [0, 0.05) is 31.6 Å². The van der Waals surface area contributed by atoms with Crippen LogP contribution < -0.4 is 20.1 Å². The van der Waals surface area contributed by atoms with Gasteiger partial charge in [-0.15, -0.1) is 0 Å². The number of amides is 3. The summed E-state index contributed by atoms with van der Waals surface area (Å²) in [6.07, 6.45) is 1.76. The van der Waals surface area contributed by atoms with E-state index in [9.17, 15) is 9.59 Å². The molecule has 2 N–H and O–H groups in total. The molecule has 0 saturated carbocycles. The molecule has 2 rings (SSSR count). The maximum absolute atomic E-state index is 12.6. The molecular weight excluding hydrogens is 322 g/mol. The van der Waals surface area contributed by atoms with Crippen LogP contribution in [0.3, 0.4) is 0 Å². The molecule has 1 saturated heterocycles. The normalized spacial score (nSPS) is 18.2. The van der Waals surface area contributed by atoms with E-state index in [1.807, 2.05) is 25.1 Å². The molecule has 0 aromatic heterocycles. The van der Waals surface area contributed by atoms with Gasteiger partial charge < -0.3 is 25.0 Å². The van der Waals surface area contributed by atoms with Crippen molar-refractivity contribution < 1.29 is 19.1 Å². The smallest absolute Gasteiger partial charge is 0.317 e. The van der Waals surface area contributed by atoms with Crippen molar-refractivity contribution in [1.29, 1.82) is 0 Å². The van der Waals surface area contributed by atoms with E-state index in [2.05, 4.69) is 10.6 Å². The van der Waals surface area contributed by atoms with Crippen LogP contribution in [0.5, 0.6) is 11.5 Å².